The van der Waals surface area contributed by atoms with Crippen molar-refractivity contribution >= 4 is 5.91 Å². The van der Waals surface area contributed by atoms with Gasteiger partial charge in [0.2, 0.25) is 0 Å². The highest BCUT2D eigenvalue weighted by atomic mass is 16.5. The van der Waals surface area contributed by atoms with E-state index in [9.17, 15) is 4.79 Å². The average molecular weight is 276 g/mol. The van der Waals surface area contributed by atoms with Crippen LogP contribution in [0.3, 0.4) is 0 Å². The van der Waals surface area contributed by atoms with E-state index in [0.717, 1.165) is 17.7 Å². The minimum absolute atomic E-state index is 0.124. The lowest BCUT2D eigenvalue weighted by molar-refractivity contribution is 0.0996. The van der Waals surface area contributed by atoms with E-state index in [1.807, 2.05) is 12.1 Å². The molecule has 0 saturated heterocycles. The molecule has 20 heavy (non-hydrogen) atoms. The molecule has 0 fully saturated rings. The van der Waals surface area contributed by atoms with Gasteiger partial charge >= 0.3 is 0 Å². The van der Waals surface area contributed by atoms with E-state index in [1.165, 1.54) is 0 Å². The number of ether oxygens (including phenoxy) is 2. The van der Waals surface area contributed by atoms with Crippen LogP contribution >= 0.6 is 0 Å². The summed E-state index contributed by atoms with van der Waals surface area (Å²) in [5.41, 5.74) is 6.53. The third-order valence-corrected chi connectivity index (χ3v) is 2.67. The minimum atomic E-state index is -0.617. The first-order chi connectivity index (χ1) is 9.72. The largest absolute Gasteiger partial charge is 0.494 e. The molecule has 0 spiro atoms. The second-order valence-electron chi connectivity index (χ2n) is 4.10. The molecular weight excluding hydrogens is 260 g/mol. The second-order valence-corrected chi connectivity index (χ2v) is 4.10. The number of carbonyl (C=O) groups is 1. The van der Waals surface area contributed by atoms with Crippen molar-refractivity contribution in [2.24, 2.45) is 5.73 Å². The number of amides is 1. The lowest BCUT2D eigenvalue weighted by Gasteiger charge is -2.06. The van der Waals surface area contributed by atoms with E-state index >= 15 is 0 Å². The van der Waals surface area contributed by atoms with Crippen molar-refractivity contribution in [2.45, 2.75) is 6.42 Å². The highest BCUT2D eigenvalue weighted by Gasteiger charge is 2.14. The van der Waals surface area contributed by atoms with Gasteiger partial charge in [0.25, 0.3) is 5.91 Å². The summed E-state index contributed by atoms with van der Waals surface area (Å²) < 4.78 is 10.5. The molecule has 0 bridgehead atoms. The zero-order valence-electron chi connectivity index (χ0n) is 11.1. The molecule has 1 aromatic heterocycles. The molecule has 1 amide bonds. The highest BCUT2D eigenvalue weighted by molar-refractivity contribution is 5.96. The predicted octanol–water partition coefficient (Wildman–Crippen LogP) is 0.986. The summed E-state index contributed by atoms with van der Waals surface area (Å²) >= 11 is 0. The number of aromatic nitrogens is 3. The second kappa shape index (κ2) is 6.67. The molecule has 106 valence electrons. The number of aromatic amines is 1. The molecule has 0 aliphatic carbocycles. The van der Waals surface area contributed by atoms with Gasteiger partial charge in [0, 0.05) is 25.7 Å². The van der Waals surface area contributed by atoms with Gasteiger partial charge in [-0.3, -0.25) is 4.79 Å². The summed E-state index contributed by atoms with van der Waals surface area (Å²) in [7, 11) is 1.66. The zero-order valence-corrected chi connectivity index (χ0v) is 11.1. The van der Waals surface area contributed by atoms with Gasteiger partial charge in [-0.05, 0) is 24.3 Å². The Morgan fingerprint density at radius 1 is 1.25 bits per heavy atom. The van der Waals surface area contributed by atoms with Crippen molar-refractivity contribution in [3.63, 3.8) is 0 Å². The number of primary amides is 1. The van der Waals surface area contributed by atoms with Crippen LogP contribution < -0.4 is 10.5 Å². The van der Waals surface area contributed by atoms with Crippen LogP contribution in [-0.4, -0.2) is 41.6 Å². The summed E-state index contributed by atoms with van der Waals surface area (Å²) in [4.78, 5) is 11.2. The average Bonchev–Trinajstić information content (AvgIpc) is 2.94. The summed E-state index contributed by atoms with van der Waals surface area (Å²) in [5.74, 6) is 0.127. The smallest absolute Gasteiger partial charge is 0.271 e. The van der Waals surface area contributed by atoms with Crippen LogP contribution in [0, 0.1) is 0 Å². The maximum atomic E-state index is 11.2. The van der Waals surface area contributed by atoms with E-state index in [-0.39, 0.29) is 5.69 Å². The van der Waals surface area contributed by atoms with Gasteiger partial charge in [-0.2, -0.15) is 15.4 Å². The molecule has 0 saturated carbocycles. The number of methoxy groups -OCH3 is 1. The Morgan fingerprint density at radius 3 is 2.65 bits per heavy atom. The summed E-state index contributed by atoms with van der Waals surface area (Å²) in [5, 5.41) is 10.1. The van der Waals surface area contributed by atoms with Crippen molar-refractivity contribution in [1.29, 1.82) is 0 Å². The van der Waals surface area contributed by atoms with Crippen molar-refractivity contribution in [3.8, 4) is 17.0 Å². The number of rotatable bonds is 7. The fraction of sp³-hybridized carbons (Fsp3) is 0.308. The number of hydrogen-bond donors (Lipinski definition) is 2. The first-order valence-corrected chi connectivity index (χ1v) is 6.15. The molecule has 2 rings (SSSR count). The van der Waals surface area contributed by atoms with Crippen molar-refractivity contribution in [2.75, 3.05) is 20.3 Å². The third kappa shape index (κ3) is 3.33. The maximum absolute atomic E-state index is 11.2. The van der Waals surface area contributed by atoms with Gasteiger partial charge in [0.15, 0.2) is 5.69 Å². The topological polar surface area (TPSA) is 103 Å². The van der Waals surface area contributed by atoms with E-state index in [4.69, 9.17) is 15.2 Å². The molecule has 2 aromatic rings. The van der Waals surface area contributed by atoms with Crippen LogP contribution in [0.1, 0.15) is 16.9 Å². The fourth-order valence-electron chi connectivity index (χ4n) is 1.71. The number of carbonyl (C=O) groups excluding carboxylic acids is 1. The molecule has 0 atom stereocenters. The molecule has 0 aliphatic heterocycles. The van der Waals surface area contributed by atoms with Crippen LogP contribution in [0.15, 0.2) is 24.3 Å². The quantitative estimate of drug-likeness (QED) is 0.734. The van der Waals surface area contributed by atoms with E-state index in [2.05, 4.69) is 15.4 Å². The summed E-state index contributed by atoms with van der Waals surface area (Å²) in [6.07, 6.45) is 0.827. The van der Waals surface area contributed by atoms with Crippen molar-refractivity contribution < 1.29 is 14.3 Å². The Labute approximate surface area is 116 Å². The number of nitrogens with zero attached hydrogens (tertiary/aromatic N) is 2. The van der Waals surface area contributed by atoms with Crippen LogP contribution in [0.5, 0.6) is 5.75 Å². The van der Waals surface area contributed by atoms with Gasteiger partial charge < -0.3 is 15.2 Å². The number of nitrogens with two attached hydrogens (primary N) is 1. The molecule has 1 aromatic carbocycles. The molecule has 0 aliphatic rings. The maximum Gasteiger partial charge on any atom is 0.271 e. The lowest BCUT2D eigenvalue weighted by atomic mass is 10.1. The van der Waals surface area contributed by atoms with Crippen molar-refractivity contribution in [1.82, 2.24) is 15.4 Å². The minimum Gasteiger partial charge on any atom is -0.494 e. The van der Waals surface area contributed by atoms with Crippen LogP contribution in [0.25, 0.3) is 11.3 Å². The highest BCUT2D eigenvalue weighted by Crippen LogP contribution is 2.22. The Kier molecular flexibility index (Phi) is 4.67. The van der Waals surface area contributed by atoms with Crippen LogP contribution in [0.4, 0.5) is 0 Å². The number of benzene rings is 1. The SMILES string of the molecule is COCCCOc1ccc(-c2n[nH]nc2C(N)=O)cc1. The van der Waals surface area contributed by atoms with Crippen LogP contribution in [0.2, 0.25) is 0 Å². The molecule has 0 unspecified atom stereocenters. The Morgan fingerprint density at radius 2 is 2.00 bits per heavy atom. The van der Waals surface area contributed by atoms with Gasteiger partial charge in [-0.1, -0.05) is 0 Å². The van der Waals surface area contributed by atoms with E-state index < -0.39 is 5.91 Å². The van der Waals surface area contributed by atoms with Gasteiger partial charge in [-0.25, -0.2) is 0 Å². The molecule has 3 N–H and O–H groups in total. The number of nitrogens with one attached hydrogen (secondary N) is 1. The monoisotopic (exact) mass is 276 g/mol. The standard InChI is InChI=1S/C13H16N4O3/c1-19-7-2-8-20-10-5-3-9(4-6-10)11-12(13(14)18)16-17-15-11/h3-6H,2,7-8H2,1H3,(H2,14,18)(H,15,16,17). The molecular formula is C13H16N4O3. The zero-order chi connectivity index (χ0) is 14.4. The Balaban J connectivity index is 2.04. The van der Waals surface area contributed by atoms with Gasteiger partial charge in [-0.15, -0.1) is 0 Å². The Hall–Kier alpha value is -2.41. The third-order valence-electron chi connectivity index (χ3n) is 2.67. The van der Waals surface area contributed by atoms with E-state index in [0.29, 0.717) is 18.9 Å². The number of hydrogen-bond acceptors (Lipinski definition) is 5. The normalized spacial score (nSPS) is 10.4. The Bertz CT molecular complexity index is 565. The first kappa shape index (κ1) is 14.0. The molecule has 7 nitrogen and oxygen atoms in total. The fourth-order valence-corrected chi connectivity index (χ4v) is 1.71. The van der Waals surface area contributed by atoms with Gasteiger partial charge in [0.1, 0.15) is 11.4 Å². The molecule has 1 heterocycles. The summed E-state index contributed by atoms with van der Waals surface area (Å²) in [6, 6.07) is 7.22. The lowest BCUT2D eigenvalue weighted by Crippen LogP contribution is -2.12. The predicted molar refractivity (Wildman–Crippen MR) is 72.3 cm³/mol. The van der Waals surface area contributed by atoms with Crippen molar-refractivity contribution in [3.05, 3.63) is 30.0 Å². The van der Waals surface area contributed by atoms with Crippen LogP contribution in [-0.2, 0) is 4.74 Å². The van der Waals surface area contributed by atoms with Gasteiger partial charge in [0.05, 0.1) is 6.61 Å². The molecule has 7 heteroatoms. The molecule has 0 radical (unpaired) electrons. The first-order valence-electron chi connectivity index (χ1n) is 6.15. The van der Waals surface area contributed by atoms with E-state index in [1.54, 1.807) is 19.2 Å². The summed E-state index contributed by atoms with van der Waals surface area (Å²) in [6.45, 7) is 1.25. The number of H-pyrrole nitrogens is 1.